The highest BCUT2D eigenvalue weighted by Gasteiger charge is 2.17. The molecule has 17 heavy (non-hydrogen) atoms. The van der Waals surface area contributed by atoms with Gasteiger partial charge in [-0.3, -0.25) is 4.79 Å². The topological polar surface area (TPSA) is 29.5 Å². The minimum absolute atomic E-state index is 0.111. The van der Waals surface area contributed by atoms with Gasteiger partial charge in [-0.05, 0) is 30.9 Å². The van der Waals surface area contributed by atoms with Crippen LogP contribution in [-0.2, 0) is 22.4 Å². The molecule has 0 spiro atoms. The van der Waals surface area contributed by atoms with Crippen molar-refractivity contribution < 1.29 is 9.53 Å². The zero-order chi connectivity index (χ0) is 12.1. The first-order chi connectivity index (χ1) is 8.31. The molecule has 2 rings (SSSR count). The summed E-state index contributed by atoms with van der Waals surface area (Å²) >= 11 is 0. The minimum Gasteiger partial charge on any atom is -0.372 e. The molecule has 1 aliphatic heterocycles. The van der Waals surface area contributed by atoms with Crippen LogP contribution in [0.4, 0.5) is 0 Å². The standard InChI is InChI=1S/C14H19NO2/c1-2-17-11-14(16)15-9-7-12-5-3-4-6-13(12)8-10-15/h3-6H,2,7-11H2,1H3. The molecular formula is C14H19NO2. The van der Waals surface area contributed by atoms with Gasteiger partial charge in [0.2, 0.25) is 5.91 Å². The number of fused-ring (bicyclic) bond motifs is 1. The Balaban J connectivity index is 1.97. The predicted molar refractivity (Wildman–Crippen MR) is 66.9 cm³/mol. The molecule has 92 valence electrons. The van der Waals surface area contributed by atoms with Crippen molar-refractivity contribution in [1.29, 1.82) is 0 Å². The van der Waals surface area contributed by atoms with Crippen LogP contribution in [0.25, 0.3) is 0 Å². The highest BCUT2D eigenvalue weighted by Crippen LogP contribution is 2.15. The SMILES string of the molecule is CCOCC(=O)N1CCc2ccccc2CC1. The van der Waals surface area contributed by atoms with E-state index in [0.29, 0.717) is 6.61 Å². The Morgan fingerprint density at radius 1 is 1.24 bits per heavy atom. The third kappa shape index (κ3) is 3.07. The smallest absolute Gasteiger partial charge is 0.248 e. The van der Waals surface area contributed by atoms with E-state index in [9.17, 15) is 4.79 Å². The van der Waals surface area contributed by atoms with E-state index in [1.807, 2.05) is 11.8 Å². The Labute approximate surface area is 102 Å². The van der Waals surface area contributed by atoms with Crippen molar-refractivity contribution >= 4 is 5.91 Å². The molecule has 0 saturated heterocycles. The van der Waals surface area contributed by atoms with Gasteiger partial charge in [0, 0.05) is 19.7 Å². The minimum atomic E-state index is 0.111. The summed E-state index contributed by atoms with van der Waals surface area (Å²) in [6, 6.07) is 8.45. The van der Waals surface area contributed by atoms with Crippen LogP contribution in [0.3, 0.4) is 0 Å². The normalized spacial score (nSPS) is 15.2. The summed E-state index contributed by atoms with van der Waals surface area (Å²) in [7, 11) is 0. The summed E-state index contributed by atoms with van der Waals surface area (Å²) in [5.41, 5.74) is 2.75. The molecule has 1 aromatic carbocycles. The van der Waals surface area contributed by atoms with E-state index >= 15 is 0 Å². The maximum atomic E-state index is 11.9. The number of carbonyl (C=O) groups excluding carboxylic acids is 1. The monoisotopic (exact) mass is 233 g/mol. The lowest BCUT2D eigenvalue weighted by molar-refractivity contribution is -0.135. The molecule has 0 bridgehead atoms. The number of amides is 1. The summed E-state index contributed by atoms with van der Waals surface area (Å²) in [5.74, 6) is 0.111. The Bertz CT molecular complexity index is 363. The molecule has 0 saturated carbocycles. The fraction of sp³-hybridized carbons (Fsp3) is 0.500. The third-order valence-electron chi connectivity index (χ3n) is 3.20. The van der Waals surface area contributed by atoms with Gasteiger partial charge in [0.15, 0.2) is 0 Å². The first kappa shape index (κ1) is 12.1. The van der Waals surface area contributed by atoms with Gasteiger partial charge in [-0.2, -0.15) is 0 Å². The van der Waals surface area contributed by atoms with Crippen LogP contribution in [0.15, 0.2) is 24.3 Å². The lowest BCUT2D eigenvalue weighted by Crippen LogP contribution is -2.36. The molecule has 0 atom stereocenters. The van der Waals surface area contributed by atoms with Gasteiger partial charge in [0.1, 0.15) is 6.61 Å². The second-order valence-corrected chi connectivity index (χ2v) is 4.29. The van der Waals surface area contributed by atoms with Crippen molar-refractivity contribution in [1.82, 2.24) is 4.90 Å². The lowest BCUT2D eigenvalue weighted by Gasteiger charge is -2.19. The summed E-state index contributed by atoms with van der Waals surface area (Å²) in [6.07, 6.45) is 1.90. The molecule has 1 amide bonds. The van der Waals surface area contributed by atoms with Crippen molar-refractivity contribution in [3.05, 3.63) is 35.4 Å². The van der Waals surface area contributed by atoms with Gasteiger partial charge in [0.05, 0.1) is 0 Å². The van der Waals surface area contributed by atoms with Crippen molar-refractivity contribution in [2.45, 2.75) is 19.8 Å². The number of nitrogens with zero attached hydrogens (tertiary/aromatic N) is 1. The van der Waals surface area contributed by atoms with E-state index in [2.05, 4.69) is 24.3 Å². The second-order valence-electron chi connectivity index (χ2n) is 4.29. The number of rotatable bonds is 3. The molecule has 1 aromatic rings. The summed E-state index contributed by atoms with van der Waals surface area (Å²) in [4.78, 5) is 13.8. The van der Waals surface area contributed by atoms with E-state index in [0.717, 1.165) is 25.9 Å². The highest BCUT2D eigenvalue weighted by molar-refractivity contribution is 5.77. The van der Waals surface area contributed by atoms with Gasteiger partial charge >= 0.3 is 0 Å². The molecule has 0 radical (unpaired) electrons. The van der Waals surface area contributed by atoms with Crippen LogP contribution < -0.4 is 0 Å². The molecule has 0 N–H and O–H groups in total. The number of carbonyl (C=O) groups is 1. The first-order valence-corrected chi connectivity index (χ1v) is 6.23. The Kier molecular flexibility index (Phi) is 4.15. The zero-order valence-electron chi connectivity index (χ0n) is 10.3. The zero-order valence-corrected chi connectivity index (χ0v) is 10.3. The molecule has 0 aliphatic carbocycles. The van der Waals surface area contributed by atoms with Gasteiger partial charge in [-0.1, -0.05) is 24.3 Å². The van der Waals surface area contributed by atoms with Gasteiger partial charge in [-0.15, -0.1) is 0 Å². The summed E-state index contributed by atoms with van der Waals surface area (Å²) < 4.78 is 5.18. The van der Waals surface area contributed by atoms with Crippen molar-refractivity contribution in [2.75, 3.05) is 26.3 Å². The molecule has 3 nitrogen and oxygen atoms in total. The average Bonchev–Trinajstić information content (AvgIpc) is 2.58. The molecule has 1 aliphatic rings. The van der Waals surface area contributed by atoms with Gasteiger partial charge < -0.3 is 9.64 Å². The molecule has 3 heteroatoms. The van der Waals surface area contributed by atoms with Crippen LogP contribution in [0.2, 0.25) is 0 Å². The van der Waals surface area contributed by atoms with E-state index in [-0.39, 0.29) is 12.5 Å². The van der Waals surface area contributed by atoms with E-state index in [1.165, 1.54) is 11.1 Å². The number of hydrogen-bond donors (Lipinski definition) is 0. The molecular weight excluding hydrogens is 214 g/mol. The van der Waals surface area contributed by atoms with Crippen LogP contribution >= 0.6 is 0 Å². The van der Waals surface area contributed by atoms with Crippen molar-refractivity contribution in [3.63, 3.8) is 0 Å². The van der Waals surface area contributed by atoms with Gasteiger partial charge in [-0.25, -0.2) is 0 Å². The van der Waals surface area contributed by atoms with Crippen LogP contribution in [0.1, 0.15) is 18.1 Å². The molecule has 0 fully saturated rings. The largest absolute Gasteiger partial charge is 0.372 e. The molecule has 0 unspecified atom stereocenters. The van der Waals surface area contributed by atoms with E-state index < -0.39 is 0 Å². The van der Waals surface area contributed by atoms with Gasteiger partial charge in [0.25, 0.3) is 0 Å². The van der Waals surface area contributed by atoms with E-state index in [1.54, 1.807) is 0 Å². The number of hydrogen-bond acceptors (Lipinski definition) is 2. The highest BCUT2D eigenvalue weighted by atomic mass is 16.5. The predicted octanol–water partition coefficient (Wildman–Crippen LogP) is 1.65. The van der Waals surface area contributed by atoms with Crippen LogP contribution in [-0.4, -0.2) is 37.1 Å². The van der Waals surface area contributed by atoms with Crippen molar-refractivity contribution in [2.24, 2.45) is 0 Å². The maximum absolute atomic E-state index is 11.9. The fourth-order valence-corrected chi connectivity index (χ4v) is 2.20. The second kappa shape index (κ2) is 5.82. The van der Waals surface area contributed by atoms with E-state index in [4.69, 9.17) is 4.74 Å². The molecule has 1 heterocycles. The quantitative estimate of drug-likeness (QED) is 0.794. The van der Waals surface area contributed by atoms with Crippen LogP contribution in [0.5, 0.6) is 0 Å². The fourth-order valence-electron chi connectivity index (χ4n) is 2.20. The Hall–Kier alpha value is -1.35. The van der Waals surface area contributed by atoms with Crippen molar-refractivity contribution in [3.8, 4) is 0 Å². The number of ether oxygens (including phenoxy) is 1. The van der Waals surface area contributed by atoms with Crippen LogP contribution in [0, 0.1) is 0 Å². The molecule has 0 aromatic heterocycles. The maximum Gasteiger partial charge on any atom is 0.248 e. The summed E-state index contributed by atoms with van der Waals surface area (Å²) in [5, 5.41) is 0. The average molecular weight is 233 g/mol. The Morgan fingerprint density at radius 2 is 1.82 bits per heavy atom. The number of benzene rings is 1. The Morgan fingerprint density at radius 3 is 2.35 bits per heavy atom. The summed E-state index contributed by atoms with van der Waals surface area (Å²) in [6.45, 7) is 4.34. The first-order valence-electron chi connectivity index (χ1n) is 6.23. The third-order valence-corrected chi connectivity index (χ3v) is 3.20. The lowest BCUT2D eigenvalue weighted by atomic mass is 10.0.